The quantitative estimate of drug-likeness (QED) is 0.632. The normalized spacial score (nSPS) is 19.5. The Balaban J connectivity index is 2.51. The van der Waals surface area contributed by atoms with Gasteiger partial charge in [0.15, 0.2) is 0 Å². The molecule has 1 heterocycles. The molecule has 0 fully saturated rings. The number of sulfonamides is 1. The molecule has 80 valence electrons. The number of anilines is 1. The number of hydrogen-bond donors (Lipinski definition) is 3. The molecule has 6 heteroatoms. The monoisotopic (exact) mass is 226 g/mol. The van der Waals surface area contributed by atoms with Crippen LogP contribution in [-0.4, -0.2) is 19.8 Å². The first-order valence-electron chi connectivity index (χ1n) is 4.26. The second-order valence-corrected chi connectivity index (χ2v) is 4.80. The first-order chi connectivity index (χ1) is 6.97. The van der Waals surface area contributed by atoms with Crippen LogP contribution in [0.3, 0.4) is 0 Å². The van der Waals surface area contributed by atoms with Crippen LogP contribution >= 0.6 is 0 Å². The zero-order valence-corrected chi connectivity index (χ0v) is 8.53. The van der Waals surface area contributed by atoms with E-state index in [1.807, 2.05) is 0 Å². The van der Waals surface area contributed by atoms with Gasteiger partial charge in [-0.2, -0.15) is 0 Å². The average Bonchev–Trinajstić information content (AvgIpc) is 2.15. The summed E-state index contributed by atoms with van der Waals surface area (Å²) in [7, 11) is -3.67. The van der Waals surface area contributed by atoms with E-state index < -0.39 is 16.3 Å². The lowest BCUT2D eigenvalue weighted by Crippen LogP contribution is -2.19. The summed E-state index contributed by atoms with van der Waals surface area (Å²) in [5, 5.41) is 17.0. The molecular formula is C9H10N2O3S. The van der Waals surface area contributed by atoms with Crippen LogP contribution in [0.1, 0.15) is 5.56 Å². The van der Waals surface area contributed by atoms with Gasteiger partial charge in [-0.3, -0.25) is 0 Å². The van der Waals surface area contributed by atoms with E-state index in [9.17, 15) is 13.5 Å². The summed E-state index contributed by atoms with van der Waals surface area (Å²) in [4.78, 5) is 0.0593. The molecule has 0 aliphatic carbocycles. The van der Waals surface area contributed by atoms with Gasteiger partial charge in [0.05, 0.1) is 4.90 Å². The van der Waals surface area contributed by atoms with Crippen LogP contribution in [0.25, 0.3) is 6.08 Å². The summed E-state index contributed by atoms with van der Waals surface area (Å²) in [6.45, 7) is 0. The van der Waals surface area contributed by atoms with Crippen LogP contribution in [0, 0.1) is 0 Å². The predicted molar refractivity (Wildman–Crippen MR) is 56.5 cm³/mol. The van der Waals surface area contributed by atoms with Gasteiger partial charge in [0.25, 0.3) is 0 Å². The molecule has 1 aliphatic rings. The third-order valence-electron chi connectivity index (χ3n) is 2.11. The third kappa shape index (κ3) is 2.01. The van der Waals surface area contributed by atoms with Gasteiger partial charge in [-0.05, 0) is 29.8 Å². The summed E-state index contributed by atoms with van der Waals surface area (Å²) in [5.74, 6) is 0. The highest BCUT2D eigenvalue weighted by Gasteiger charge is 2.13. The topological polar surface area (TPSA) is 92.4 Å². The minimum atomic E-state index is -3.67. The Hall–Kier alpha value is -1.37. The molecule has 15 heavy (non-hydrogen) atoms. The number of aliphatic hydroxyl groups excluding tert-OH is 1. The van der Waals surface area contributed by atoms with Gasteiger partial charge in [0.1, 0.15) is 6.23 Å². The summed E-state index contributed by atoms with van der Waals surface area (Å²) in [5.41, 5.74) is 1.37. The van der Waals surface area contributed by atoms with Crippen LogP contribution in [0.4, 0.5) is 5.69 Å². The van der Waals surface area contributed by atoms with Crippen LogP contribution < -0.4 is 10.5 Å². The van der Waals surface area contributed by atoms with E-state index in [0.29, 0.717) is 11.3 Å². The number of aliphatic hydroxyl groups is 1. The summed E-state index contributed by atoms with van der Waals surface area (Å²) >= 11 is 0. The number of nitrogens with two attached hydrogens (primary N) is 1. The van der Waals surface area contributed by atoms with Gasteiger partial charge in [0, 0.05) is 5.69 Å². The van der Waals surface area contributed by atoms with E-state index >= 15 is 0 Å². The van der Waals surface area contributed by atoms with Crippen molar-refractivity contribution in [3.05, 3.63) is 29.8 Å². The van der Waals surface area contributed by atoms with E-state index in [1.54, 1.807) is 12.1 Å². The second kappa shape index (κ2) is 3.34. The summed E-state index contributed by atoms with van der Waals surface area (Å²) in [6.07, 6.45) is 2.43. The third-order valence-corrected chi connectivity index (χ3v) is 3.02. The fourth-order valence-electron chi connectivity index (χ4n) is 1.39. The highest BCUT2D eigenvalue weighted by molar-refractivity contribution is 7.89. The molecule has 0 spiro atoms. The highest BCUT2D eigenvalue weighted by atomic mass is 32.2. The number of fused-ring (bicyclic) bond motifs is 1. The molecule has 0 saturated heterocycles. The SMILES string of the molecule is NS(=O)(=O)c1ccc2c(c1)C=CC(O)N2. The van der Waals surface area contributed by atoms with Crippen molar-refractivity contribution in [2.45, 2.75) is 11.1 Å². The maximum absolute atomic E-state index is 11.1. The second-order valence-electron chi connectivity index (χ2n) is 3.24. The lowest BCUT2D eigenvalue weighted by atomic mass is 10.1. The number of rotatable bonds is 1. The molecule has 0 bridgehead atoms. The van der Waals surface area contributed by atoms with Crippen molar-refractivity contribution in [3.63, 3.8) is 0 Å². The standard InChI is InChI=1S/C9H10N2O3S/c10-15(13,14)7-2-3-8-6(5-7)1-4-9(12)11-8/h1-5,9,11-12H,(H2,10,13,14). The Labute approximate surface area is 87.3 Å². The van der Waals surface area contributed by atoms with E-state index in [-0.39, 0.29) is 4.90 Å². The predicted octanol–water partition coefficient (Wildman–Crippen LogP) is 0.0911. The molecule has 1 aliphatic heterocycles. The van der Waals surface area contributed by atoms with Gasteiger partial charge in [-0.15, -0.1) is 0 Å². The molecule has 1 atom stereocenters. The number of primary sulfonamides is 1. The lowest BCUT2D eigenvalue weighted by molar-refractivity contribution is 0.252. The molecule has 5 nitrogen and oxygen atoms in total. The molecule has 0 saturated carbocycles. The average molecular weight is 226 g/mol. The van der Waals surface area contributed by atoms with Gasteiger partial charge in [-0.1, -0.05) is 6.08 Å². The molecule has 0 radical (unpaired) electrons. The Morgan fingerprint density at radius 1 is 1.40 bits per heavy atom. The maximum atomic E-state index is 11.1. The van der Waals surface area contributed by atoms with Crippen LogP contribution in [0.15, 0.2) is 29.2 Å². The smallest absolute Gasteiger partial charge is 0.238 e. The molecule has 1 aromatic carbocycles. The first kappa shape index (κ1) is 10.2. The van der Waals surface area contributed by atoms with Crippen LogP contribution in [-0.2, 0) is 10.0 Å². The molecule has 1 aromatic rings. The van der Waals surface area contributed by atoms with Gasteiger partial charge in [-0.25, -0.2) is 13.6 Å². The Morgan fingerprint density at radius 2 is 2.13 bits per heavy atom. The van der Waals surface area contributed by atoms with Gasteiger partial charge in [0.2, 0.25) is 10.0 Å². The molecule has 0 aromatic heterocycles. The highest BCUT2D eigenvalue weighted by Crippen LogP contribution is 2.24. The lowest BCUT2D eigenvalue weighted by Gasteiger charge is -2.18. The number of nitrogens with one attached hydrogen (secondary N) is 1. The number of hydrogen-bond acceptors (Lipinski definition) is 4. The maximum Gasteiger partial charge on any atom is 0.238 e. The van der Waals surface area contributed by atoms with Crippen molar-refractivity contribution >= 4 is 21.8 Å². The van der Waals surface area contributed by atoms with Crippen molar-refractivity contribution in [2.75, 3.05) is 5.32 Å². The fraction of sp³-hybridized carbons (Fsp3) is 0.111. The van der Waals surface area contributed by atoms with Crippen molar-refractivity contribution in [3.8, 4) is 0 Å². The molecule has 1 unspecified atom stereocenters. The summed E-state index contributed by atoms with van der Waals surface area (Å²) < 4.78 is 22.1. The van der Waals surface area contributed by atoms with Crippen LogP contribution in [0.5, 0.6) is 0 Å². The van der Waals surface area contributed by atoms with E-state index in [0.717, 1.165) is 0 Å². The van der Waals surface area contributed by atoms with E-state index in [4.69, 9.17) is 5.14 Å². The molecule has 4 N–H and O–H groups in total. The van der Waals surface area contributed by atoms with E-state index in [1.165, 1.54) is 18.2 Å². The minimum absolute atomic E-state index is 0.0593. The Kier molecular flexibility index (Phi) is 2.26. The Morgan fingerprint density at radius 3 is 2.80 bits per heavy atom. The van der Waals surface area contributed by atoms with Crippen molar-refractivity contribution in [1.82, 2.24) is 0 Å². The molecule has 0 amide bonds. The minimum Gasteiger partial charge on any atom is -0.370 e. The fourth-order valence-corrected chi connectivity index (χ4v) is 1.94. The Bertz CT molecular complexity index is 522. The summed E-state index contributed by atoms with van der Waals surface area (Å²) in [6, 6.07) is 4.43. The van der Waals surface area contributed by atoms with Crippen molar-refractivity contribution in [1.29, 1.82) is 0 Å². The van der Waals surface area contributed by atoms with Crippen molar-refractivity contribution in [2.24, 2.45) is 5.14 Å². The zero-order valence-electron chi connectivity index (χ0n) is 7.71. The van der Waals surface area contributed by atoms with Crippen LogP contribution in [0.2, 0.25) is 0 Å². The van der Waals surface area contributed by atoms with Crippen molar-refractivity contribution < 1.29 is 13.5 Å². The molecular weight excluding hydrogens is 216 g/mol. The molecule has 2 rings (SSSR count). The first-order valence-corrected chi connectivity index (χ1v) is 5.81. The van der Waals surface area contributed by atoms with E-state index in [2.05, 4.69) is 5.32 Å². The largest absolute Gasteiger partial charge is 0.370 e. The zero-order chi connectivity index (χ0) is 11.1. The number of benzene rings is 1. The van der Waals surface area contributed by atoms with Gasteiger partial charge >= 0.3 is 0 Å². The van der Waals surface area contributed by atoms with Gasteiger partial charge < -0.3 is 10.4 Å².